The Morgan fingerprint density at radius 3 is 2.46 bits per heavy atom. The van der Waals surface area contributed by atoms with Crippen LogP contribution in [-0.2, 0) is 6.42 Å². The Morgan fingerprint density at radius 1 is 1.08 bits per heavy atom. The molecule has 126 valence electrons. The number of phenolic OH excluding ortho intramolecular Hbond substituents is 1. The number of urea groups is 1. The molecule has 0 saturated carbocycles. The molecule has 2 aromatic rings. The molecule has 5 N–H and O–H groups in total. The molecule has 0 aliphatic heterocycles. The molecule has 0 aromatic heterocycles. The fraction of sp³-hybridized carbons (Fsp3) is 0.125. The predicted molar refractivity (Wildman–Crippen MR) is 91.9 cm³/mol. The van der Waals surface area contributed by atoms with Gasteiger partial charge in [0.2, 0.25) is 0 Å². The van der Waals surface area contributed by atoms with Crippen LogP contribution in [0.15, 0.2) is 42.5 Å². The van der Waals surface area contributed by atoms with E-state index in [0.717, 1.165) is 5.56 Å². The van der Waals surface area contributed by atoms with Crippen molar-refractivity contribution in [2.75, 3.05) is 17.2 Å². The van der Waals surface area contributed by atoms with Crippen molar-refractivity contribution in [2.24, 2.45) is 0 Å². The quantitative estimate of drug-likeness (QED) is 0.420. The second-order valence-corrected chi connectivity index (χ2v) is 5.31. The molecule has 0 spiro atoms. The van der Waals surface area contributed by atoms with Gasteiger partial charge in [0.05, 0.1) is 10.7 Å². The first-order valence-electron chi connectivity index (χ1n) is 7.07. The van der Waals surface area contributed by atoms with Gasteiger partial charge in [0, 0.05) is 12.2 Å². The smallest absolute Gasteiger partial charge is 0.409 e. The summed E-state index contributed by atoms with van der Waals surface area (Å²) < 4.78 is 0. The van der Waals surface area contributed by atoms with Crippen molar-refractivity contribution < 1.29 is 19.8 Å². The minimum absolute atomic E-state index is 0.0826. The Hall–Kier alpha value is -2.93. The van der Waals surface area contributed by atoms with E-state index < -0.39 is 17.9 Å². The van der Waals surface area contributed by atoms with Crippen LogP contribution in [0.2, 0.25) is 5.02 Å². The largest absolute Gasteiger partial charge is 0.504 e. The van der Waals surface area contributed by atoms with Gasteiger partial charge in [0.25, 0.3) is 0 Å². The van der Waals surface area contributed by atoms with Crippen molar-refractivity contribution in [2.45, 2.75) is 6.42 Å². The fourth-order valence-electron chi connectivity index (χ4n) is 2.02. The summed E-state index contributed by atoms with van der Waals surface area (Å²) in [6, 6.07) is 11.8. The maximum absolute atomic E-state index is 11.9. The van der Waals surface area contributed by atoms with Crippen molar-refractivity contribution in [3.8, 4) is 5.75 Å². The number of carboxylic acid groups (broad SMARTS) is 1. The van der Waals surface area contributed by atoms with E-state index in [1.165, 1.54) is 12.1 Å². The van der Waals surface area contributed by atoms with E-state index in [2.05, 4.69) is 10.6 Å². The summed E-state index contributed by atoms with van der Waals surface area (Å²) in [6.45, 7) is 0.432. The van der Waals surface area contributed by atoms with Gasteiger partial charge in [-0.15, -0.1) is 0 Å². The van der Waals surface area contributed by atoms with Gasteiger partial charge in [-0.25, -0.2) is 9.59 Å². The average Bonchev–Trinajstić information content (AvgIpc) is 2.52. The van der Waals surface area contributed by atoms with Gasteiger partial charge in [0.15, 0.2) is 5.75 Å². The minimum Gasteiger partial charge on any atom is -0.504 e. The number of nitrogens with one attached hydrogen (secondary N) is 3. The lowest BCUT2D eigenvalue weighted by Crippen LogP contribution is -2.30. The fourth-order valence-corrected chi connectivity index (χ4v) is 2.24. The van der Waals surface area contributed by atoms with E-state index in [1.807, 2.05) is 35.6 Å². The highest BCUT2D eigenvalue weighted by atomic mass is 35.5. The van der Waals surface area contributed by atoms with E-state index >= 15 is 0 Å². The summed E-state index contributed by atoms with van der Waals surface area (Å²) in [5.41, 5.74) is 1.23. The van der Waals surface area contributed by atoms with Crippen molar-refractivity contribution >= 4 is 35.1 Å². The maximum atomic E-state index is 11.9. The van der Waals surface area contributed by atoms with Gasteiger partial charge in [-0.2, -0.15) is 0 Å². The molecular formula is C16H16ClN3O4. The molecule has 0 radical (unpaired) electrons. The van der Waals surface area contributed by atoms with E-state index in [-0.39, 0.29) is 16.4 Å². The number of benzene rings is 2. The number of anilines is 2. The van der Waals surface area contributed by atoms with Crippen LogP contribution in [0.4, 0.5) is 21.0 Å². The van der Waals surface area contributed by atoms with Crippen LogP contribution < -0.4 is 16.0 Å². The van der Waals surface area contributed by atoms with Crippen LogP contribution in [0, 0.1) is 0 Å². The van der Waals surface area contributed by atoms with E-state index in [0.29, 0.717) is 13.0 Å². The van der Waals surface area contributed by atoms with Crippen molar-refractivity contribution in [1.82, 2.24) is 5.32 Å². The van der Waals surface area contributed by atoms with Gasteiger partial charge in [0.1, 0.15) is 0 Å². The zero-order valence-electron chi connectivity index (χ0n) is 12.5. The number of aromatic hydroxyl groups is 1. The summed E-state index contributed by atoms with van der Waals surface area (Å²) in [5.74, 6) is -0.408. The molecule has 0 aliphatic rings. The second-order valence-electron chi connectivity index (χ2n) is 4.90. The van der Waals surface area contributed by atoms with Crippen LogP contribution in [0.1, 0.15) is 5.56 Å². The van der Waals surface area contributed by atoms with Crippen LogP contribution in [0.5, 0.6) is 5.75 Å². The molecule has 0 bridgehead atoms. The topological polar surface area (TPSA) is 111 Å². The molecule has 0 heterocycles. The van der Waals surface area contributed by atoms with Gasteiger partial charge in [-0.1, -0.05) is 41.9 Å². The molecule has 0 unspecified atom stereocenters. The zero-order valence-corrected chi connectivity index (χ0v) is 13.3. The summed E-state index contributed by atoms with van der Waals surface area (Å²) in [6.07, 6.45) is -0.679. The summed E-state index contributed by atoms with van der Waals surface area (Å²) in [7, 11) is 0. The number of halogens is 1. The summed E-state index contributed by atoms with van der Waals surface area (Å²) in [4.78, 5) is 22.5. The maximum Gasteiger partial charge on any atom is 0.409 e. The molecule has 2 rings (SSSR count). The highest BCUT2D eigenvalue weighted by Gasteiger charge is 2.12. The third kappa shape index (κ3) is 5.06. The number of hydrogen-bond donors (Lipinski definition) is 5. The zero-order chi connectivity index (χ0) is 17.5. The molecule has 0 fully saturated rings. The highest BCUT2D eigenvalue weighted by Crippen LogP contribution is 2.35. The molecule has 0 aliphatic carbocycles. The van der Waals surface area contributed by atoms with E-state index in [4.69, 9.17) is 16.7 Å². The van der Waals surface area contributed by atoms with Crippen molar-refractivity contribution in [3.05, 3.63) is 53.1 Å². The van der Waals surface area contributed by atoms with Gasteiger partial charge in [-0.3, -0.25) is 5.32 Å². The lowest BCUT2D eigenvalue weighted by molar-refractivity contribution is 0.209. The Balaban J connectivity index is 1.93. The molecular weight excluding hydrogens is 334 g/mol. The summed E-state index contributed by atoms with van der Waals surface area (Å²) in [5, 5.41) is 25.5. The third-order valence-corrected chi connectivity index (χ3v) is 3.39. The number of carbonyl (C=O) groups is 2. The first-order chi connectivity index (χ1) is 11.5. The molecule has 24 heavy (non-hydrogen) atoms. The van der Waals surface area contributed by atoms with Gasteiger partial charge in [-0.05, 0) is 24.1 Å². The predicted octanol–water partition coefficient (Wildman–Crippen LogP) is 3.50. The Morgan fingerprint density at radius 2 is 1.79 bits per heavy atom. The number of carbonyl (C=O) groups excluding carboxylic acids is 1. The minimum atomic E-state index is -1.36. The molecule has 7 nitrogen and oxygen atoms in total. The van der Waals surface area contributed by atoms with E-state index in [9.17, 15) is 14.7 Å². The Bertz CT molecular complexity index is 738. The molecule has 3 amide bonds. The summed E-state index contributed by atoms with van der Waals surface area (Å²) >= 11 is 5.82. The number of amides is 3. The SMILES string of the molecule is O=C(O)Nc1cc(NC(=O)NCCc2ccccc2)cc(Cl)c1O. The Kier molecular flexibility index (Phi) is 5.86. The van der Waals surface area contributed by atoms with Gasteiger partial charge >= 0.3 is 12.1 Å². The van der Waals surface area contributed by atoms with Crippen molar-refractivity contribution in [3.63, 3.8) is 0 Å². The average molecular weight is 350 g/mol. The Labute approximate surface area is 143 Å². The van der Waals surface area contributed by atoms with Gasteiger partial charge < -0.3 is 20.8 Å². The van der Waals surface area contributed by atoms with E-state index in [1.54, 1.807) is 0 Å². The number of rotatable bonds is 5. The lowest BCUT2D eigenvalue weighted by atomic mass is 10.1. The van der Waals surface area contributed by atoms with Crippen molar-refractivity contribution in [1.29, 1.82) is 0 Å². The monoisotopic (exact) mass is 349 g/mol. The molecule has 8 heteroatoms. The lowest BCUT2D eigenvalue weighted by Gasteiger charge is -2.11. The van der Waals surface area contributed by atoms with Crippen LogP contribution in [0.3, 0.4) is 0 Å². The normalized spacial score (nSPS) is 10.0. The molecule has 0 atom stereocenters. The highest BCUT2D eigenvalue weighted by molar-refractivity contribution is 6.33. The molecule has 0 saturated heterocycles. The number of hydrogen-bond acceptors (Lipinski definition) is 3. The standard InChI is InChI=1S/C16H16ClN3O4/c17-12-8-11(9-13(14(12)21)20-16(23)24)19-15(22)18-7-6-10-4-2-1-3-5-10/h1-5,8-9,20-21H,6-7H2,(H,23,24)(H2,18,19,22). The second kappa shape index (κ2) is 8.07. The number of phenols is 1. The first kappa shape index (κ1) is 17.4. The molecule has 2 aromatic carbocycles. The first-order valence-corrected chi connectivity index (χ1v) is 7.44. The van der Waals surface area contributed by atoms with Crippen LogP contribution in [-0.4, -0.2) is 28.9 Å². The van der Waals surface area contributed by atoms with Crippen LogP contribution >= 0.6 is 11.6 Å². The van der Waals surface area contributed by atoms with Crippen LogP contribution in [0.25, 0.3) is 0 Å². The third-order valence-electron chi connectivity index (χ3n) is 3.10.